The molecule has 4 nitrogen and oxygen atoms in total. The van der Waals surface area contributed by atoms with Crippen molar-refractivity contribution in [2.75, 3.05) is 6.61 Å². The zero-order valence-electron chi connectivity index (χ0n) is 15.1. The van der Waals surface area contributed by atoms with Gasteiger partial charge in [-0.05, 0) is 32.6 Å². The van der Waals surface area contributed by atoms with Gasteiger partial charge in [-0.1, -0.05) is 53.4 Å². The predicted octanol–water partition coefficient (Wildman–Crippen LogP) is 4.65. The number of esters is 2. The number of unbranched alkanes of at least 4 members (excludes halogenated alkanes) is 3. The second kappa shape index (κ2) is 11.5. The van der Waals surface area contributed by atoms with Crippen molar-refractivity contribution in [2.24, 2.45) is 5.41 Å². The molecule has 0 aromatic carbocycles. The molecule has 0 radical (unpaired) electrons. The van der Waals surface area contributed by atoms with Crippen LogP contribution in [-0.4, -0.2) is 24.6 Å². The van der Waals surface area contributed by atoms with E-state index in [1.165, 1.54) is 0 Å². The van der Waals surface area contributed by atoms with E-state index in [9.17, 15) is 9.59 Å². The van der Waals surface area contributed by atoms with Crippen LogP contribution in [0, 0.1) is 5.41 Å². The van der Waals surface area contributed by atoms with Crippen LogP contribution < -0.4 is 0 Å². The minimum atomic E-state index is -1.15. The molecule has 0 aliphatic carbocycles. The van der Waals surface area contributed by atoms with E-state index in [1.807, 2.05) is 20.8 Å². The highest BCUT2D eigenvalue weighted by molar-refractivity contribution is 6.00. The van der Waals surface area contributed by atoms with E-state index in [1.54, 1.807) is 0 Å². The molecule has 1 atom stereocenters. The van der Waals surface area contributed by atoms with E-state index >= 15 is 0 Å². The van der Waals surface area contributed by atoms with Crippen molar-refractivity contribution in [1.82, 2.24) is 0 Å². The summed E-state index contributed by atoms with van der Waals surface area (Å²) in [6.45, 7) is 10.1. The number of ether oxygens (including phenoxy) is 2. The molecule has 0 N–H and O–H groups in total. The van der Waals surface area contributed by atoms with Gasteiger partial charge in [0.05, 0.1) is 12.7 Å². The Bertz CT molecular complexity index is 321. The smallest absolute Gasteiger partial charge is 0.323 e. The van der Waals surface area contributed by atoms with Gasteiger partial charge >= 0.3 is 11.9 Å². The van der Waals surface area contributed by atoms with Crippen LogP contribution in [0.1, 0.15) is 86.0 Å². The van der Waals surface area contributed by atoms with Crippen molar-refractivity contribution < 1.29 is 19.1 Å². The van der Waals surface area contributed by atoms with Crippen molar-refractivity contribution in [3.05, 3.63) is 0 Å². The number of carbonyl (C=O) groups is 2. The molecule has 0 fully saturated rings. The maximum absolute atomic E-state index is 12.5. The first-order chi connectivity index (χ1) is 10.5. The average Bonchev–Trinajstić information content (AvgIpc) is 2.51. The van der Waals surface area contributed by atoms with E-state index in [2.05, 4.69) is 13.8 Å². The van der Waals surface area contributed by atoms with Crippen LogP contribution in [0.15, 0.2) is 0 Å². The molecule has 0 aliphatic rings. The van der Waals surface area contributed by atoms with E-state index in [-0.39, 0.29) is 6.10 Å². The molecule has 0 amide bonds. The largest absolute Gasteiger partial charge is 0.465 e. The van der Waals surface area contributed by atoms with Gasteiger partial charge in [0, 0.05) is 0 Å². The molecule has 0 saturated heterocycles. The van der Waals surface area contributed by atoms with Gasteiger partial charge in [-0.15, -0.1) is 0 Å². The van der Waals surface area contributed by atoms with E-state index in [0.717, 1.165) is 38.5 Å². The quantitative estimate of drug-likeness (QED) is 0.299. The minimum Gasteiger partial charge on any atom is -0.465 e. The van der Waals surface area contributed by atoms with Gasteiger partial charge < -0.3 is 9.47 Å². The molecule has 130 valence electrons. The van der Waals surface area contributed by atoms with Crippen LogP contribution in [0.25, 0.3) is 0 Å². The lowest BCUT2D eigenvalue weighted by atomic mass is 9.82. The third-order valence-corrected chi connectivity index (χ3v) is 4.24. The summed E-state index contributed by atoms with van der Waals surface area (Å²) in [7, 11) is 0. The number of carbonyl (C=O) groups excluding carboxylic acids is 2. The van der Waals surface area contributed by atoms with Gasteiger partial charge in [0.2, 0.25) is 0 Å². The number of hydrogen-bond acceptors (Lipinski definition) is 4. The van der Waals surface area contributed by atoms with Crippen LogP contribution in [-0.2, 0) is 19.1 Å². The number of hydrogen-bond donors (Lipinski definition) is 0. The highest BCUT2D eigenvalue weighted by Gasteiger charge is 2.46. The molecular formula is C18H34O4. The van der Waals surface area contributed by atoms with Crippen LogP contribution in [0.2, 0.25) is 0 Å². The van der Waals surface area contributed by atoms with Crippen molar-refractivity contribution in [1.29, 1.82) is 0 Å². The topological polar surface area (TPSA) is 52.6 Å². The standard InChI is InChI=1S/C18H34O4/c1-6-10-12-14-21-16(19)18(8-3,9-4)17(20)22-15(5)13-11-7-2/h15H,6-14H2,1-5H3. The van der Waals surface area contributed by atoms with Crippen LogP contribution in [0.4, 0.5) is 0 Å². The molecule has 0 bridgehead atoms. The van der Waals surface area contributed by atoms with Crippen LogP contribution in [0.3, 0.4) is 0 Å². The summed E-state index contributed by atoms with van der Waals surface area (Å²) in [4.78, 5) is 24.9. The zero-order chi connectivity index (χ0) is 17.0. The van der Waals surface area contributed by atoms with Crippen LogP contribution in [0.5, 0.6) is 0 Å². The highest BCUT2D eigenvalue weighted by atomic mass is 16.6. The monoisotopic (exact) mass is 314 g/mol. The van der Waals surface area contributed by atoms with E-state index < -0.39 is 17.4 Å². The molecule has 22 heavy (non-hydrogen) atoms. The molecule has 0 aromatic rings. The molecular weight excluding hydrogens is 280 g/mol. The van der Waals surface area contributed by atoms with Crippen molar-refractivity contribution in [3.8, 4) is 0 Å². The molecule has 0 rings (SSSR count). The second-order valence-corrected chi connectivity index (χ2v) is 5.99. The van der Waals surface area contributed by atoms with E-state index in [0.29, 0.717) is 19.4 Å². The first-order valence-electron chi connectivity index (χ1n) is 8.86. The molecule has 0 aliphatic heterocycles. The summed E-state index contributed by atoms with van der Waals surface area (Å²) < 4.78 is 10.8. The fourth-order valence-corrected chi connectivity index (χ4v) is 2.41. The Kier molecular flexibility index (Phi) is 10.9. The van der Waals surface area contributed by atoms with Gasteiger partial charge in [0.1, 0.15) is 0 Å². The highest BCUT2D eigenvalue weighted by Crippen LogP contribution is 2.31. The van der Waals surface area contributed by atoms with Gasteiger partial charge in [-0.3, -0.25) is 9.59 Å². The maximum atomic E-state index is 12.5. The van der Waals surface area contributed by atoms with Crippen molar-refractivity contribution in [2.45, 2.75) is 92.1 Å². The summed E-state index contributed by atoms with van der Waals surface area (Å²) in [5.41, 5.74) is -1.15. The Morgan fingerprint density at radius 1 is 0.909 bits per heavy atom. The lowest BCUT2D eigenvalue weighted by Crippen LogP contribution is -2.42. The van der Waals surface area contributed by atoms with Gasteiger partial charge in [-0.2, -0.15) is 0 Å². The normalized spacial score (nSPS) is 12.8. The van der Waals surface area contributed by atoms with E-state index in [4.69, 9.17) is 9.47 Å². The SMILES string of the molecule is CCCCCOC(=O)C(CC)(CC)C(=O)OC(C)CCCC. The van der Waals surface area contributed by atoms with Crippen molar-refractivity contribution in [3.63, 3.8) is 0 Å². The molecule has 0 heterocycles. The van der Waals surface area contributed by atoms with Crippen LogP contribution >= 0.6 is 0 Å². The predicted molar refractivity (Wildman–Crippen MR) is 88.6 cm³/mol. The Labute approximate surface area is 135 Å². The zero-order valence-corrected chi connectivity index (χ0v) is 15.1. The van der Waals surface area contributed by atoms with Gasteiger partial charge in [-0.25, -0.2) is 0 Å². The van der Waals surface area contributed by atoms with Crippen molar-refractivity contribution >= 4 is 11.9 Å². The molecule has 4 heteroatoms. The lowest BCUT2D eigenvalue weighted by Gasteiger charge is -2.28. The average molecular weight is 314 g/mol. The Balaban J connectivity index is 4.69. The Morgan fingerprint density at radius 3 is 2.00 bits per heavy atom. The second-order valence-electron chi connectivity index (χ2n) is 5.99. The first-order valence-corrected chi connectivity index (χ1v) is 8.86. The third kappa shape index (κ3) is 6.37. The molecule has 0 saturated carbocycles. The summed E-state index contributed by atoms with van der Waals surface area (Å²) >= 11 is 0. The number of rotatable bonds is 12. The summed E-state index contributed by atoms with van der Waals surface area (Å²) in [5.74, 6) is -0.858. The van der Waals surface area contributed by atoms with Gasteiger partial charge in [0.15, 0.2) is 5.41 Å². The third-order valence-electron chi connectivity index (χ3n) is 4.24. The Morgan fingerprint density at radius 2 is 1.50 bits per heavy atom. The molecule has 0 aromatic heterocycles. The maximum Gasteiger partial charge on any atom is 0.323 e. The summed E-state index contributed by atoms with van der Waals surface area (Å²) in [6.07, 6.45) is 6.52. The summed E-state index contributed by atoms with van der Waals surface area (Å²) in [6, 6.07) is 0. The summed E-state index contributed by atoms with van der Waals surface area (Å²) in [5, 5.41) is 0. The first kappa shape index (κ1) is 20.9. The van der Waals surface area contributed by atoms with Gasteiger partial charge in [0.25, 0.3) is 0 Å². The Hall–Kier alpha value is -1.06. The fraction of sp³-hybridized carbons (Fsp3) is 0.889. The molecule has 0 spiro atoms. The minimum absolute atomic E-state index is 0.155. The fourth-order valence-electron chi connectivity index (χ4n) is 2.41. The molecule has 1 unspecified atom stereocenters. The lowest BCUT2D eigenvalue weighted by molar-refractivity contribution is -0.176.